The molecular formula is C12H12ClN3O2. The fourth-order valence-corrected chi connectivity index (χ4v) is 1.62. The Hall–Kier alpha value is -1.88. The van der Waals surface area contributed by atoms with Crippen molar-refractivity contribution in [2.24, 2.45) is 0 Å². The Morgan fingerprint density at radius 3 is 2.89 bits per heavy atom. The first-order valence-electron chi connectivity index (χ1n) is 5.52. The van der Waals surface area contributed by atoms with Gasteiger partial charge >= 0.3 is 0 Å². The third kappa shape index (κ3) is 3.30. The average molecular weight is 266 g/mol. The van der Waals surface area contributed by atoms with Gasteiger partial charge in [-0.05, 0) is 30.5 Å². The molecule has 2 heterocycles. The lowest BCUT2D eigenvalue weighted by Crippen LogP contribution is -2.10. The molecule has 0 aromatic carbocycles. The van der Waals surface area contributed by atoms with Gasteiger partial charge in [-0.2, -0.15) is 0 Å². The van der Waals surface area contributed by atoms with Gasteiger partial charge in [0.2, 0.25) is 5.88 Å². The van der Waals surface area contributed by atoms with Crippen LogP contribution in [0.2, 0.25) is 5.02 Å². The molecule has 0 saturated carbocycles. The Morgan fingerprint density at radius 1 is 1.33 bits per heavy atom. The minimum absolute atomic E-state index is 0.0126. The van der Waals surface area contributed by atoms with E-state index in [1.54, 1.807) is 12.4 Å². The Kier molecular flexibility index (Phi) is 4.30. The Bertz CT molecular complexity index is 557. The number of hydrogen-bond acceptors (Lipinski definition) is 4. The maximum Gasteiger partial charge on any atom is 0.273 e. The van der Waals surface area contributed by atoms with Gasteiger partial charge in [0.05, 0.1) is 12.9 Å². The number of nitrogens with zero attached hydrogens (tertiary/aromatic N) is 2. The van der Waals surface area contributed by atoms with Crippen LogP contribution in [0.5, 0.6) is 5.88 Å². The van der Waals surface area contributed by atoms with Crippen LogP contribution in [0.15, 0.2) is 35.6 Å². The molecule has 0 unspecified atom stereocenters. The SMILES string of the molecule is O=c1[nH]cnc(OCCCc2ccncc2)c1Cl. The molecule has 0 bridgehead atoms. The molecule has 0 aliphatic heterocycles. The first-order valence-corrected chi connectivity index (χ1v) is 5.90. The number of rotatable bonds is 5. The predicted octanol–water partition coefficient (Wildman–Crippen LogP) is 1.83. The summed E-state index contributed by atoms with van der Waals surface area (Å²) in [4.78, 5) is 21.4. The number of aromatic nitrogens is 3. The van der Waals surface area contributed by atoms with E-state index in [9.17, 15) is 4.79 Å². The summed E-state index contributed by atoms with van der Waals surface area (Å²) in [6.07, 6.45) is 6.47. The van der Waals surface area contributed by atoms with Crippen molar-refractivity contribution in [2.75, 3.05) is 6.61 Å². The summed E-state index contributed by atoms with van der Waals surface area (Å²) in [7, 11) is 0. The highest BCUT2D eigenvalue weighted by Crippen LogP contribution is 2.15. The molecule has 0 radical (unpaired) electrons. The molecule has 0 aliphatic rings. The average Bonchev–Trinajstić information content (AvgIpc) is 2.40. The zero-order valence-corrected chi connectivity index (χ0v) is 10.4. The zero-order chi connectivity index (χ0) is 12.8. The van der Waals surface area contributed by atoms with Crippen LogP contribution in [0.3, 0.4) is 0 Å². The topological polar surface area (TPSA) is 67.9 Å². The second-order valence-electron chi connectivity index (χ2n) is 3.66. The summed E-state index contributed by atoms with van der Waals surface area (Å²) in [5, 5.41) is -0.0126. The van der Waals surface area contributed by atoms with E-state index in [0.29, 0.717) is 6.61 Å². The summed E-state index contributed by atoms with van der Waals surface area (Å²) in [6, 6.07) is 3.91. The molecule has 0 saturated heterocycles. The molecule has 0 aliphatic carbocycles. The van der Waals surface area contributed by atoms with Crippen LogP contribution in [0.25, 0.3) is 0 Å². The van der Waals surface area contributed by atoms with Gasteiger partial charge in [0.1, 0.15) is 0 Å². The highest BCUT2D eigenvalue weighted by molar-refractivity contribution is 6.31. The van der Waals surface area contributed by atoms with Crippen molar-refractivity contribution in [3.05, 3.63) is 51.8 Å². The summed E-state index contributed by atoms with van der Waals surface area (Å²) >= 11 is 5.75. The van der Waals surface area contributed by atoms with Crippen LogP contribution < -0.4 is 10.3 Å². The lowest BCUT2D eigenvalue weighted by Gasteiger charge is -2.05. The molecule has 2 rings (SSSR count). The molecule has 0 amide bonds. The molecule has 0 spiro atoms. The molecule has 2 aromatic rings. The van der Waals surface area contributed by atoms with Crippen molar-refractivity contribution in [3.8, 4) is 5.88 Å². The van der Waals surface area contributed by atoms with E-state index in [4.69, 9.17) is 16.3 Å². The van der Waals surface area contributed by atoms with Gasteiger partial charge in [-0.15, -0.1) is 0 Å². The molecular weight excluding hydrogens is 254 g/mol. The third-order valence-corrected chi connectivity index (χ3v) is 2.70. The first-order chi connectivity index (χ1) is 8.77. The van der Waals surface area contributed by atoms with Gasteiger partial charge < -0.3 is 9.72 Å². The Balaban J connectivity index is 1.82. The normalized spacial score (nSPS) is 10.3. The molecule has 6 heteroatoms. The van der Waals surface area contributed by atoms with E-state index in [-0.39, 0.29) is 10.9 Å². The zero-order valence-electron chi connectivity index (χ0n) is 9.60. The first kappa shape index (κ1) is 12.6. The summed E-state index contributed by atoms with van der Waals surface area (Å²) in [5.74, 6) is 0.176. The van der Waals surface area contributed by atoms with Gasteiger partial charge in [0, 0.05) is 12.4 Å². The largest absolute Gasteiger partial charge is 0.476 e. The third-order valence-electron chi connectivity index (χ3n) is 2.36. The number of ether oxygens (including phenoxy) is 1. The van der Waals surface area contributed by atoms with Crippen molar-refractivity contribution < 1.29 is 4.74 Å². The van der Waals surface area contributed by atoms with Crippen molar-refractivity contribution >= 4 is 11.6 Å². The highest BCUT2D eigenvalue weighted by atomic mass is 35.5. The van der Waals surface area contributed by atoms with E-state index in [0.717, 1.165) is 12.8 Å². The van der Waals surface area contributed by atoms with E-state index >= 15 is 0 Å². The quantitative estimate of drug-likeness (QED) is 0.838. The Morgan fingerprint density at radius 2 is 2.11 bits per heavy atom. The van der Waals surface area contributed by atoms with Crippen LogP contribution in [0, 0.1) is 0 Å². The van der Waals surface area contributed by atoms with E-state index in [2.05, 4.69) is 15.0 Å². The van der Waals surface area contributed by atoms with Crippen molar-refractivity contribution in [1.82, 2.24) is 15.0 Å². The second-order valence-corrected chi connectivity index (χ2v) is 4.04. The van der Waals surface area contributed by atoms with Crippen LogP contribution in [0.1, 0.15) is 12.0 Å². The fraction of sp³-hybridized carbons (Fsp3) is 0.250. The monoisotopic (exact) mass is 265 g/mol. The van der Waals surface area contributed by atoms with Gasteiger partial charge in [0.25, 0.3) is 5.56 Å². The number of halogens is 1. The second kappa shape index (κ2) is 6.16. The molecule has 94 valence electrons. The maximum atomic E-state index is 11.2. The minimum atomic E-state index is -0.393. The van der Waals surface area contributed by atoms with E-state index in [1.165, 1.54) is 11.9 Å². The maximum absolute atomic E-state index is 11.2. The lowest BCUT2D eigenvalue weighted by atomic mass is 10.1. The van der Waals surface area contributed by atoms with Gasteiger partial charge in [0.15, 0.2) is 5.02 Å². The number of H-pyrrole nitrogens is 1. The standard InChI is InChI=1S/C12H12ClN3O2/c13-10-11(17)15-8-16-12(10)18-7-1-2-9-3-5-14-6-4-9/h3-6,8H,1-2,7H2,(H,15,16,17). The number of aromatic amines is 1. The number of hydrogen-bond donors (Lipinski definition) is 1. The van der Waals surface area contributed by atoms with Gasteiger partial charge in [-0.25, -0.2) is 4.98 Å². The number of aryl methyl sites for hydroxylation is 1. The molecule has 0 fully saturated rings. The highest BCUT2D eigenvalue weighted by Gasteiger charge is 2.06. The molecule has 2 aromatic heterocycles. The van der Waals surface area contributed by atoms with Crippen molar-refractivity contribution in [3.63, 3.8) is 0 Å². The lowest BCUT2D eigenvalue weighted by molar-refractivity contribution is 0.298. The smallest absolute Gasteiger partial charge is 0.273 e. The van der Waals surface area contributed by atoms with E-state index in [1.807, 2.05) is 12.1 Å². The minimum Gasteiger partial charge on any atom is -0.476 e. The van der Waals surface area contributed by atoms with Gasteiger partial charge in [-0.1, -0.05) is 11.6 Å². The molecule has 18 heavy (non-hydrogen) atoms. The Labute approximate surface area is 109 Å². The summed E-state index contributed by atoms with van der Waals surface area (Å²) in [6.45, 7) is 0.457. The molecule has 1 N–H and O–H groups in total. The van der Waals surface area contributed by atoms with E-state index < -0.39 is 5.56 Å². The molecule has 0 atom stereocenters. The number of nitrogens with one attached hydrogen (secondary N) is 1. The number of pyridine rings is 1. The fourth-order valence-electron chi connectivity index (χ4n) is 1.46. The van der Waals surface area contributed by atoms with Crippen LogP contribution in [-0.2, 0) is 6.42 Å². The van der Waals surface area contributed by atoms with Gasteiger partial charge in [-0.3, -0.25) is 9.78 Å². The van der Waals surface area contributed by atoms with Crippen LogP contribution in [0.4, 0.5) is 0 Å². The van der Waals surface area contributed by atoms with Crippen LogP contribution >= 0.6 is 11.6 Å². The summed E-state index contributed by atoms with van der Waals surface area (Å²) < 4.78 is 5.36. The predicted molar refractivity (Wildman–Crippen MR) is 67.9 cm³/mol. The molecule has 5 nitrogen and oxygen atoms in total. The van der Waals surface area contributed by atoms with Crippen molar-refractivity contribution in [1.29, 1.82) is 0 Å². The van der Waals surface area contributed by atoms with Crippen LogP contribution in [-0.4, -0.2) is 21.6 Å². The summed E-state index contributed by atoms with van der Waals surface area (Å²) in [5.41, 5.74) is 0.800. The van der Waals surface area contributed by atoms with Crippen molar-refractivity contribution in [2.45, 2.75) is 12.8 Å².